The van der Waals surface area contributed by atoms with E-state index in [0.717, 1.165) is 24.5 Å². The minimum Gasteiger partial charge on any atom is -0.395 e. The molecule has 0 atom stereocenters. The Labute approximate surface area is 146 Å². The van der Waals surface area contributed by atoms with Gasteiger partial charge in [0.1, 0.15) is 0 Å². The average Bonchev–Trinajstić information content (AvgIpc) is 2.52. The number of aryl methyl sites for hydroxylation is 4. The van der Waals surface area contributed by atoms with Gasteiger partial charge in [0.25, 0.3) is 0 Å². The van der Waals surface area contributed by atoms with Crippen molar-refractivity contribution in [3.05, 3.63) is 58.1 Å². The van der Waals surface area contributed by atoms with Gasteiger partial charge in [0.05, 0.1) is 6.61 Å². The van der Waals surface area contributed by atoms with Gasteiger partial charge in [-0.05, 0) is 75.1 Å². The highest BCUT2D eigenvalue weighted by Gasteiger charge is 2.08. The van der Waals surface area contributed by atoms with Gasteiger partial charge < -0.3 is 15.3 Å². The van der Waals surface area contributed by atoms with Crippen LogP contribution in [-0.2, 0) is 6.54 Å². The second kappa shape index (κ2) is 8.20. The molecular weight excluding hydrogens is 296 g/mol. The third kappa shape index (κ3) is 4.30. The Morgan fingerprint density at radius 1 is 0.958 bits per heavy atom. The summed E-state index contributed by atoms with van der Waals surface area (Å²) in [5, 5.41) is 12.8. The first-order valence-electron chi connectivity index (χ1n) is 8.73. The number of hydrogen-bond donors (Lipinski definition) is 2. The standard InChI is InChI=1S/C21H30N2O/c1-6-23(9-10-24)19-7-8-21(18(5)13-19)22-14-20-16(3)11-15(2)12-17(20)4/h7-8,11-13,22,24H,6,9-10,14H2,1-5H3. The molecule has 0 spiro atoms. The molecule has 2 rings (SSSR count). The molecule has 3 nitrogen and oxygen atoms in total. The third-order valence-corrected chi connectivity index (χ3v) is 4.62. The van der Waals surface area contributed by atoms with Crippen LogP contribution in [0.4, 0.5) is 11.4 Å². The maximum atomic E-state index is 9.18. The van der Waals surface area contributed by atoms with E-state index >= 15 is 0 Å². The van der Waals surface area contributed by atoms with E-state index in [1.807, 2.05) is 0 Å². The van der Waals surface area contributed by atoms with Crippen LogP contribution in [0.15, 0.2) is 30.3 Å². The van der Waals surface area contributed by atoms with Crippen molar-refractivity contribution in [2.24, 2.45) is 0 Å². The van der Waals surface area contributed by atoms with E-state index in [1.54, 1.807) is 0 Å². The Hall–Kier alpha value is -2.00. The Balaban J connectivity index is 2.14. The van der Waals surface area contributed by atoms with Crippen LogP contribution in [-0.4, -0.2) is 24.8 Å². The van der Waals surface area contributed by atoms with Crippen molar-refractivity contribution in [1.82, 2.24) is 0 Å². The molecule has 0 radical (unpaired) electrons. The van der Waals surface area contributed by atoms with E-state index in [-0.39, 0.29) is 6.61 Å². The molecule has 0 aliphatic carbocycles. The fourth-order valence-corrected chi connectivity index (χ4v) is 3.31. The summed E-state index contributed by atoms with van der Waals surface area (Å²) in [6.07, 6.45) is 0. The van der Waals surface area contributed by atoms with Crippen LogP contribution >= 0.6 is 0 Å². The fraction of sp³-hybridized carbons (Fsp3) is 0.429. The molecular formula is C21H30N2O. The summed E-state index contributed by atoms with van der Waals surface area (Å²) in [5.41, 5.74) is 8.93. The molecule has 0 unspecified atom stereocenters. The molecule has 0 bridgehead atoms. The maximum absolute atomic E-state index is 9.18. The average molecular weight is 326 g/mol. The van der Waals surface area contributed by atoms with Gasteiger partial charge in [0.15, 0.2) is 0 Å². The zero-order valence-corrected chi connectivity index (χ0v) is 15.6. The minimum atomic E-state index is 0.179. The molecule has 0 heterocycles. The molecule has 0 saturated carbocycles. The highest BCUT2D eigenvalue weighted by molar-refractivity contribution is 5.60. The number of nitrogens with one attached hydrogen (secondary N) is 1. The lowest BCUT2D eigenvalue weighted by Crippen LogP contribution is -2.26. The molecule has 130 valence electrons. The molecule has 0 amide bonds. The quantitative estimate of drug-likeness (QED) is 0.794. The van der Waals surface area contributed by atoms with Crippen molar-refractivity contribution in [3.63, 3.8) is 0 Å². The molecule has 2 aromatic carbocycles. The van der Waals surface area contributed by atoms with Crippen molar-refractivity contribution < 1.29 is 5.11 Å². The lowest BCUT2D eigenvalue weighted by molar-refractivity contribution is 0.302. The van der Waals surface area contributed by atoms with Crippen LogP contribution in [0.3, 0.4) is 0 Å². The smallest absolute Gasteiger partial charge is 0.0606 e. The van der Waals surface area contributed by atoms with Crippen molar-refractivity contribution in [2.45, 2.75) is 41.2 Å². The highest BCUT2D eigenvalue weighted by Crippen LogP contribution is 2.24. The largest absolute Gasteiger partial charge is 0.395 e. The summed E-state index contributed by atoms with van der Waals surface area (Å²) >= 11 is 0. The highest BCUT2D eigenvalue weighted by atomic mass is 16.3. The summed E-state index contributed by atoms with van der Waals surface area (Å²) < 4.78 is 0. The molecule has 0 aromatic heterocycles. The molecule has 0 aliphatic heterocycles. The van der Waals surface area contributed by atoms with Crippen LogP contribution in [0.25, 0.3) is 0 Å². The molecule has 0 saturated heterocycles. The fourth-order valence-electron chi connectivity index (χ4n) is 3.31. The van der Waals surface area contributed by atoms with Crippen LogP contribution in [0.2, 0.25) is 0 Å². The van der Waals surface area contributed by atoms with Gasteiger partial charge in [-0.15, -0.1) is 0 Å². The normalized spacial score (nSPS) is 10.8. The monoisotopic (exact) mass is 326 g/mol. The number of aliphatic hydroxyl groups is 1. The number of benzene rings is 2. The lowest BCUT2D eigenvalue weighted by Gasteiger charge is -2.23. The van der Waals surface area contributed by atoms with Crippen molar-refractivity contribution in [1.29, 1.82) is 0 Å². The number of rotatable bonds is 7. The second-order valence-corrected chi connectivity index (χ2v) is 6.53. The topological polar surface area (TPSA) is 35.5 Å². The molecule has 0 fully saturated rings. The van der Waals surface area contributed by atoms with E-state index < -0.39 is 0 Å². The van der Waals surface area contributed by atoms with E-state index in [9.17, 15) is 5.11 Å². The van der Waals surface area contributed by atoms with Crippen molar-refractivity contribution >= 4 is 11.4 Å². The zero-order valence-electron chi connectivity index (χ0n) is 15.6. The summed E-state index contributed by atoms with van der Waals surface area (Å²) in [4.78, 5) is 2.19. The second-order valence-electron chi connectivity index (χ2n) is 6.53. The number of aliphatic hydroxyl groups excluding tert-OH is 1. The molecule has 3 heteroatoms. The predicted molar refractivity (Wildman–Crippen MR) is 104 cm³/mol. The van der Waals surface area contributed by atoms with E-state index in [0.29, 0.717) is 6.54 Å². The predicted octanol–water partition coefficient (Wildman–Crippen LogP) is 4.35. The number of likely N-dealkylation sites (N-methyl/N-ethyl adjacent to an activating group) is 1. The summed E-state index contributed by atoms with van der Waals surface area (Å²) in [7, 11) is 0. The first kappa shape index (κ1) is 18.3. The minimum absolute atomic E-state index is 0.179. The van der Waals surface area contributed by atoms with Gasteiger partial charge in [-0.2, -0.15) is 0 Å². The lowest BCUT2D eigenvalue weighted by atomic mass is 9.99. The summed E-state index contributed by atoms with van der Waals surface area (Å²) in [6, 6.07) is 10.9. The number of anilines is 2. The first-order chi connectivity index (χ1) is 11.5. The van der Waals surface area contributed by atoms with Gasteiger partial charge in [-0.25, -0.2) is 0 Å². The SMILES string of the molecule is CCN(CCO)c1ccc(NCc2c(C)cc(C)cc2C)c(C)c1. The molecule has 0 aliphatic rings. The Kier molecular flexibility index (Phi) is 6.27. The van der Waals surface area contributed by atoms with Gasteiger partial charge in [0, 0.05) is 31.0 Å². The Morgan fingerprint density at radius 3 is 2.17 bits per heavy atom. The summed E-state index contributed by atoms with van der Waals surface area (Å²) in [5.74, 6) is 0. The van der Waals surface area contributed by atoms with Gasteiger partial charge >= 0.3 is 0 Å². The van der Waals surface area contributed by atoms with E-state index in [2.05, 4.69) is 75.2 Å². The van der Waals surface area contributed by atoms with Gasteiger partial charge in [0.2, 0.25) is 0 Å². The number of nitrogens with zero attached hydrogens (tertiary/aromatic N) is 1. The molecule has 2 N–H and O–H groups in total. The maximum Gasteiger partial charge on any atom is 0.0606 e. The van der Waals surface area contributed by atoms with Gasteiger partial charge in [-0.3, -0.25) is 0 Å². The molecule has 24 heavy (non-hydrogen) atoms. The Bertz CT molecular complexity index is 671. The third-order valence-electron chi connectivity index (χ3n) is 4.62. The van der Waals surface area contributed by atoms with Crippen molar-refractivity contribution in [3.8, 4) is 0 Å². The van der Waals surface area contributed by atoms with Gasteiger partial charge in [-0.1, -0.05) is 17.7 Å². The van der Waals surface area contributed by atoms with Crippen molar-refractivity contribution in [2.75, 3.05) is 29.9 Å². The van der Waals surface area contributed by atoms with Crippen LogP contribution < -0.4 is 10.2 Å². The Morgan fingerprint density at radius 2 is 1.62 bits per heavy atom. The first-order valence-corrected chi connectivity index (χ1v) is 8.73. The van der Waals surface area contributed by atoms with Crippen LogP contribution in [0.5, 0.6) is 0 Å². The van der Waals surface area contributed by atoms with E-state index in [4.69, 9.17) is 0 Å². The summed E-state index contributed by atoms with van der Waals surface area (Å²) in [6.45, 7) is 13.3. The van der Waals surface area contributed by atoms with E-state index in [1.165, 1.54) is 27.8 Å². The van der Waals surface area contributed by atoms with Crippen LogP contribution in [0, 0.1) is 27.7 Å². The number of hydrogen-bond acceptors (Lipinski definition) is 3. The zero-order chi connectivity index (χ0) is 17.7. The van der Waals surface area contributed by atoms with Crippen LogP contribution in [0.1, 0.15) is 34.7 Å². The molecule has 2 aromatic rings.